The van der Waals surface area contributed by atoms with Gasteiger partial charge in [-0.2, -0.15) is 0 Å². The average Bonchev–Trinajstić information content (AvgIpc) is 3.32. The molecular formula is C19H14ClFN2O4S. The number of benzene rings is 2. The Morgan fingerprint density at radius 3 is 2.71 bits per heavy atom. The van der Waals surface area contributed by atoms with Crippen molar-refractivity contribution in [1.29, 1.82) is 0 Å². The molecule has 0 atom stereocenters. The van der Waals surface area contributed by atoms with Crippen molar-refractivity contribution in [2.75, 3.05) is 16.2 Å². The molecule has 1 aliphatic rings. The minimum atomic E-state index is -3.97. The first-order valence-electron chi connectivity index (χ1n) is 8.31. The van der Waals surface area contributed by atoms with Gasteiger partial charge in [0.2, 0.25) is 0 Å². The number of nitrogens with one attached hydrogen (secondary N) is 1. The van der Waals surface area contributed by atoms with E-state index < -0.39 is 15.8 Å². The van der Waals surface area contributed by atoms with E-state index in [2.05, 4.69) is 4.72 Å². The van der Waals surface area contributed by atoms with E-state index in [4.69, 9.17) is 16.0 Å². The maximum absolute atomic E-state index is 13.3. The Labute approximate surface area is 165 Å². The standard InChI is InChI=1S/C19H14ClFN2O4S/c20-15-11-14(5-6-16(15)21)28(25,26)22-13-4-3-12-7-8-23(17(12)10-13)19(24)18-2-1-9-27-18/h1-6,9-11,22H,7-8H2. The molecule has 6 nitrogen and oxygen atoms in total. The van der Waals surface area contributed by atoms with E-state index >= 15 is 0 Å². The van der Waals surface area contributed by atoms with Crippen LogP contribution in [0.3, 0.4) is 0 Å². The zero-order chi connectivity index (χ0) is 19.9. The Kier molecular flexibility index (Phi) is 4.60. The highest BCUT2D eigenvalue weighted by Gasteiger charge is 2.28. The molecule has 0 saturated carbocycles. The smallest absolute Gasteiger partial charge is 0.293 e. The summed E-state index contributed by atoms with van der Waals surface area (Å²) in [4.78, 5) is 14.0. The molecule has 2 heterocycles. The topological polar surface area (TPSA) is 79.6 Å². The summed E-state index contributed by atoms with van der Waals surface area (Å²) in [5.74, 6) is -0.793. The second-order valence-corrected chi connectivity index (χ2v) is 8.30. The second-order valence-electron chi connectivity index (χ2n) is 6.21. The van der Waals surface area contributed by atoms with Crippen molar-refractivity contribution in [3.05, 3.63) is 77.0 Å². The van der Waals surface area contributed by atoms with E-state index in [-0.39, 0.29) is 27.3 Å². The van der Waals surface area contributed by atoms with Gasteiger partial charge in [0.25, 0.3) is 15.9 Å². The highest BCUT2D eigenvalue weighted by atomic mass is 35.5. The quantitative estimate of drug-likeness (QED) is 0.689. The number of hydrogen-bond donors (Lipinski definition) is 1. The van der Waals surface area contributed by atoms with Gasteiger partial charge >= 0.3 is 0 Å². The highest BCUT2D eigenvalue weighted by Crippen LogP contribution is 2.33. The van der Waals surface area contributed by atoms with Crippen molar-refractivity contribution in [2.24, 2.45) is 0 Å². The predicted octanol–water partition coefficient (Wildman–Crippen LogP) is 4.08. The minimum Gasteiger partial charge on any atom is -0.459 e. The number of sulfonamides is 1. The molecule has 0 saturated heterocycles. The van der Waals surface area contributed by atoms with E-state index in [9.17, 15) is 17.6 Å². The van der Waals surface area contributed by atoms with Crippen LogP contribution in [0, 0.1) is 5.82 Å². The summed E-state index contributed by atoms with van der Waals surface area (Å²) in [5.41, 5.74) is 1.81. The molecule has 0 spiro atoms. The van der Waals surface area contributed by atoms with Crippen molar-refractivity contribution < 1.29 is 22.0 Å². The zero-order valence-corrected chi connectivity index (χ0v) is 15.9. The second kappa shape index (κ2) is 6.96. The first-order chi connectivity index (χ1) is 13.3. The van der Waals surface area contributed by atoms with Gasteiger partial charge in [-0.1, -0.05) is 17.7 Å². The Hall–Kier alpha value is -2.84. The summed E-state index contributed by atoms with van der Waals surface area (Å²) in [6.07, 6.45) is 2.07. The van der Waals surface area contributed by atoms with Crippen LogP contribution in [0.15, 0.2) is 64.1 Å². The summed E-state index contributed by atoms with van der Waals surface area (Å²) in [6, 6.07) is 11.3. The first kappa shape index (κ1) is 18.5. The van der Waals surface area contributed by atoms with Gasteiger partial charge in [-0.3, -0.25) is 9.52 Å². The van der Waals surface area contributed by atoms with E-state index in [1.807, 2.05) is 0 Å². The number of furan rings is 1. The van der Waals surface area contributed by atoms with Crippen LogP contribution in [-0.2, 0) is 16.4 Å². The fraction of sp³-hybridized carbons (Fsp3) is 0.105. The molecule has 1 N–H and O–H groups in total. The van der Waals surface area contributed by atoms with E-state index in [1.165, 1.54) is 6.26 Å². The lowest BCUT2D eigenvalue weighted by atomic mass is 10.1. The van der Waals surface area contributed by atoms with Gasteiger partial charge in [-0.05, 0) is 54.4 Å². The van der Waals surface area contributed by atoms with Crippen LogP contribution in [0.25, 0.3) is 0 Å². The normalized spacial score (nSPS) is 13.4. The molecule has 2 aromatic carbocycles. The van der Waals surface area contributed by atoms with Gasteiger partial charge in [-0.25, -0.2) is 12.8 Å². The van der Waals surface area contributed by atoms with Crippen LogP contribution in [-0.4, -0.2) is 20.9 Å². The highest BCUT2D eigenvalue weighted by molar-refractivity contribution is 7.92. The van der Waals surface area contributed by atoms with Crippen molar-refractivity contribution in [3.63, 3.8) is 0 Å². The number of rotatable bonds is 4. The number of carbonyl (C=O) groups excluding carboxylic acids is 1. The van der Waals surface area contributed by atoms with Crippen molar-refractivity contribution in [3.8, 4) is 0 Å². The lowest BCUT2D eigenvalue weighted by molar-refractivity contribution is 0.0963. The molecule has 144 valence electrons. The molecule has 3 aromatic rings. The van der Waals surface area contributed by atoms with Crippen LogP contribution < -0.4 is 9.62 Å². The first-order valence-corrected chi connectivity index (χ1v) is 10.2. The monoisotopic (exact) mass is 420 g/mol. The maximum atomic E-state index is 13.3. The lowest BCUT2D eigenvalue weighted by Gasteiger charge is -2.17. The number of carbonyl (C=O) groups is 1. The van der Waals surface area contributed by atoms with Gasteiger partial charge in [0.15, 0.2) is 5.76 Å². The summed E-state index contributed by atoms with van der Waals surface area (Å²) < 4.78 is 46.1. The van der Waals surface area contributed by atoms with Crippen molar-refractivity contribution >= 4 is 38.9 Å². The third-order valence-corrected chi connectivity index (χ3v) is 6.08. The molecule has 9 heteroatoms. The Morgan fingerprint density at radius 1 is 1.18 bits per heavy atom. The fourth-order valence-corrected chi connectivity index (χ4v) is 4.37. The van der Waals surface area contributed by atoms with Crippen LogP contribution in [0.4, 0.5) is 15.8 Å². The number of hydrogen-bond acceptors (Lipinski definition) is 4. The van der Waals surface area contributed by atoms with Gasteiger partial charge in [0.1, 0.15) is 5.82 Å². The molecular weight excluding hydrogens is 407 g/mol. The number of anilines is 2. The molecule has 0 radical (unpaired) electrons. The van der Waals surface area contributed by atoms with Gasteiger partial charge < -0.3 is 9.32 Å². The number of amides is 1. The van der Waals surface area contributed by atoms with Gasteiger partial charge in [0, 0.05) is 12.2 Å². The summed E-state index contributed by atoms with van der Waals surface area (Å²) >= 11 is 5.68. The van der Waals surface area contributed by atoms with E-state index in [1.54, 1.807) is 35.2 Å². The molecule has 0 bridgehead atoms. The summed E-state index contributed by atoms with van der Waals surface area (Å²) in [7, 11) is -3.97. The predicted molar refractivity (Wildman–Crippen MR) is 103 cm³/mol. The SMILES string of the molecule is O=C(c1ccco1)N1CCc2ccc(NS(=O)(=O)c3ccc(F)c(Cl)c3)cc21. The van der Waals surface area contributed by atoms with Gasteiger partial charge in [-0.15, -0.1) is 0 Å². The molecule has 0 aliphatic carbocycles. The molecule has 1 aliphatic heterocycles. The maximum Gasteiger partial charge on any atom is 0.293 e. The molecule has 0 unspecified atom stereocenters. The van der Waals surface area contributed by atoms with Crippen molar-refractivity contribution in [2.45, 2.75) is 11.3 Å². The number of nitrogens with zero attached hydrogens (tertiary/aromatic N) is 1. The van der Waals surface area contributed by atoms with Crippen molar-refractivity contribution in [1.82, 2.24) is 0 Å². The molecule has 4 rings (SSSR count). The van der Waals surface area contributed by atoms with Crippen LogP contribution in [0.5, 0.6) is 0 Å². The molecule has 1 amide bonds. The minimum absolute atomic E-state index is 0.164. The van der Waals surface area contributed by atoms with Crippen LogP contribution in [0.1, 0.15) is 16.1 Å². The summed E-state index contributed by atoms with van der Waals surface area (Å²) in [6.45, 7) is 0.471. The third kappa shape index (κ3) is 3.36. The van der Waals surface area contributed by atoms with E-state index in [0.717, 1.165) is 23.8 Å². The molecule has 0 fully saturated rings. The Morgan fingerprint density at radius 2 is 2.00 bits per heavy atom. The average molecular weight is 421 g/mol. The fourth-order valence-electron chi connectivity index (χ4n) is 3.05. The third-order valence-electron chi connectivity index (χ3n) is 4.41. The largest absolute Gasteiger partial charge is 0.459 e. The Bertz CT molecular complexity index is 1160. The van der Waals surface area contributed by atoms with E-state index in [0.29, 0.717) is 18.7 Å². The lowest BCUT2D eigenvalue weighted by Crippen LogP contribution is -2.28. The van der Waals surface area contributed by atoms with Crippen LogP contribution >= 0.6 is 11.6 Å². The van der Waals surface area contributed by atoms with Gasteiger partial charge in [0.05, 0.1) is 21.9 Å². The Balaban J connectivity index is 1.63. The van der Waals surface area contributed by atoms with Crippen LogP contribution in [0.2, 0.25) is 5.02 Å². The molecule has 1 aromatic heterocycles. The number of fused-ring (bicyclic) bond motifs is 1. The molecule has 28 heavy (non-hydrogen) atoms. The number of halogens is 2. The zero-order valence-electron chi connectivity index (χ0n) is 14.4. The summed E-state index contributed by atoms with van der Waals surface area (Å²) in [5, 5.41) is -0.285.